The van der Waals surface area contributed by atoms with E-state index in [-0.39, 0.29) is 5.56 Å². The van der Waals surface area contributed by atoms with E-state index < -0.39 is 0 Å². The van der Waals surface area contributed by atoms with Gasteiger partial charge in [0.15, 0.2) is 11.3 Å². The lowest BCUT2D eigenvalue weighted by atomic mass is 10.2. The summed E-state index contributed by atoms with van der Waals surface area (Å²) >= 11 is 0. The summed E-state index contributed by atoms with van der Waals surface area (Å²) in [6.07, 6.45) is 3.59. The Kier molecular flexibility index (Phi) is 4.12. The first-order valence-corrected chi connectivity index (χ1v) is 9.91. The monoisotopic (exact) mass is 383 g/mol. The van der Waals surface area contributed by atoms with E-state index in [1.165, 1.54) is 0 Å². The quantitative estimate of drug-likeness (QED) is 0.462. The number of hydrogen-bond acceptors (Lipinski definition) is 4. The van der Waals surface area contributed by atoms with Crippen molar-refractivity contribution in [1.82, 2.24) is 24.1 Å². The van der Waals surface area contributed by atoms with Crippen LogP contribution in [0, 0.1) is 6.92 Å². The first-order chi connectivity index (χ1) is 14.2. The molecule has 3 heterocycles. The van der Waals surface area contributed by atoms with E-state index in [1.807, 2.05) is 54.0 Å². The van der Waals surface area contributed by atoms with Gasteiger partial charge in [0.05, 0.1) is 17.4 Å². The highest BCUT2D eigenvalue weighted by Gasteiger charge is 2.20. The number of hydrogen-bond donors (Lipinski definition) is 0. The second-order valence-corrected chi connectivity index (χ2v) is 7.35. The number of rotatable bonds is 4. The van der Waals surface area contributed by atoms with Crippen molar-refractivity contribution in [3.63, 3.8) is 0 Å². The molecule has 0 spiro atoms. The van der Waals surface area contributed by atoms with Gasteiger partial charge in [0, 0.05) is 12.2 Å². The molecule has 3 aromatic heterocycles. The van der Waals surface area contributed by atoms with Gasteiger partial charge in [0.1, 0.15) is 10.9 Å². The third-order valence-electron chi connectivity index (χ3n) is 5.24. The lowest BCUT2D eigenvalue weighted by molar-refractivity contribution is 0.608. The zero-order valence-electron chi connectivity index (χ0n) is 16.5. The van der Waals surface area contributed by atoms with Gasteiger partial charge in [-0.15, -0.1) is 0 Å². The van der Waals surface area contributed by atoms with E-state index in [0.29, 0.717) is 28.7 Å². The molecule has 0 aliphatic rings. The summed E-state index contributed by atoms with van der Waals surface area (Å²) in [6.45, 7) is 4.80. The molecular formula is C23H21N5O. The fraction of sp³-hybridized carbons (Fsp3) is 0.217. The first-order valence-electron chi connectivity index (χ1n) is 9.91. The minimum atomic E-state index is -0.0653. The Morgan fingerprint density at radius 1 is 0.966 bits per heavy atom. The Morgan fingerprint density at radius 2 is 1.76 bits per heavy atom. The molecule has 0 fully saturated rings. The predicted molar refractivity (Wildman–Crippen MR) is 116 cm³/mol. The smallest absolute Gasteiger partial charge is 0.265 e. The molecule has 0 aliphatic heterocycles. The van der Waals surface area contributed by atoms with Crippen molar-refractivity contribution in [2.24, 2.45) is 0 Å². The van der Waals surface area contributed by atoms with Crippen LogP contribution in [0.5, 0.6) is 0 Å². The summed E-state index contributed by atoms with van der Waals surface area (Å²) < 4.78 is 3.63. The number of benzene rings is 2. The van der Waals surface area contributed by atoms with Gasteiger partial charge in [-0.05, 0) is 43.2 Å². The van der Waals surface area contributed by atoms with Crippen LogP contribution in [0.4, 0.5) is 0 Å². The molecule has 0 saturated carbocycles. The average molecular weight is 383 g/mol. The SMILES string of the molecule is CCCCn1cnc2c(c1=O)c1nc3ccccc3nc1n2-c1cccc(C)c1. The van der Waals surface area contributed by atoms with Crippen molar-refractivity contribution in [2.45, 2.75) is 33.2 Å². The molecule has 6 heteroatoms. The molecule has 2 aromatic carbocycles. The fourth-order valence-electron chi connectivity index (χ4n) is 3.77. The van der Waals surface area contributed by atoms with Crippen LogP contribution in [0.25, 0.3) is 38.9 Å². The molecule has 29 heavy (non-hydrogen) atoms. The third kappa shape index (κ3) is 2.79. The fourth-order valence-corrected chi connectivity index (χ4v) is 3.77. The van der Waals surface area contributed by atoms with Crippen molar-refractivity contribution in [2.75, 3.05) is 0 Å². The second-order valence-electron chi connectivity index (χ2n) is 7.35. The summed E-state index contributed by atoms with van der Waals surface area (Å²) in [5, 5.41) is 0.526. The van der Waals surface area contributed by atoms with E-state index >= 15 is 0 Å². The number of nitrogens with zero attached hydrogens (tertiary/aromatic N) is 5. The molecular weight excluding hydrogens is 362 g/mol. The molecule has 0 atom stereocenters. The van der Waals surface area contributed by atoms with Crippen LogP contribution >= 0.6 is 0 Å². The van der Waals surface area contributed by atoms with Crippen molar-refractivity contribution in [3.05, 3.63) is 70.8 Å². The van der Waals surface area contributed by atoms with E-state index in [4.69, 9.17) is 9.97 Å². The second kappa shape index (κ2) is 6.81. The van der Waals surface area contributed by atoms with Gasteiger partial charge in [0.25, 0.3) is 5.56 Å². The standard InChI is InChI=1S/C23H21N5O/c1-3-4-12-27-14-24-21-19(23(27)29)20-22(26-18-11-6-5-10-17(18)25-20)28(21)16-9-7-8-15(2)13-16/h5-11,13-14H,3-4,12H2,1-2H3. The van der Waals surface area contributed by atoms with Crippen LogP contribution in [0.2, 0.25) is 0 Å². The van der Waals surface area contributed by atoms with Crippen LogP contribution in [0.3, 0.4) is 0 Å². The average Bonchev–Trinajstić information content (AvgIpc) is 3.05. The minimum absolute atomic E-state index is 0.0653. The lowest BCUT2D eigenvalue weighted by Crippen LogP contribution is -2.20. The molecule has 5 rings (SSSR count). The van der Waals surface area contributed by atoms with Crippen molar-refractivity contribution in [3.8, 4) is 5.69 Å². The maximum Gasteiger partial charge on any atom is 0.265 e. The highest BCUT2D eigenvalue weighted by Crippen LogP contribution is 2.28. The first kappa shape index (κ1) is 17.6. The molecule has 5 aromatic rings. The Bertz CT molecular complexity index is 1430. The lowest BCUT2D eigenvalue weighted by Gasteiger charge is -2.08. The Hall–Kier alpha value is -3.54. The molecule has 144 valence electrons. The highest BCUT2D eigenvalue weighted by molar-refractivity contribution is 6.05. The van der Waals surface area contributed by atoms with E-state index in [2.05, 4.69) is 18.0 Å². The largest absolute Gasteiger partial charge is 0.299 e. The summed E-state index contributed by atoms with van der Waals surface area (Å²) in [7, 11) is 0. The zero-order valence-corrected chi connectivity index (χ0v) is 16.5. The summed E-state index contributed by atoms with van der Waals surface area (Å²) in [5.41, 5.74) is 5.40. The van der Waals surface area contributed by atoms with Crippen LogP contribution in [0.1, 0.15) is 25.3 Å². The van der Waals surface area contributed by atoms with Crippen LogP contribution in [-0.2, 0) is 6.54 Å². The highest BCUT2D eigenvalue weighted by atomic mass is 16.1. The molecule has 0 amide bonds. The van der Waals surface area contributed by atoms with Crippen molar-refractivity contribution in [1.29, 1.82) is 0 Å². The molecule has 0 unspecified atom stereocenters. The molecule has 0 aliphatic carbocycles. The number of fused-ring (bicyclic) bond motifs is 4. The molecule has 6 nitrogen and oxygen atoms in total. The van der Waals surface area contributed by atoms with Gasteiger partial charge in [-0.25, -0.2) is 15.0 Å². The van der Waals surface area contributed by atoms with Gasteiger partial charge in [-0.1, -0.05) is 37.6 Å². The van der Waals surface area contributed by atoms with E-state index in [0.717, 1.165) is 35.1 Å². The number of unbranched alkanes of at least 4 members (excludes halogenated alkanes) is 1. The number of aryl methyl sites for hydroxylation is 2. The summed E-state index contributed by atoms with van der Waals surface area (Å²) in [4.78, 5) is 27.7. The van der Waals surface area contributed by atoms with Crippen LogP contribution in [-0.4, -0.2) is 24.1 Å². The molecule has 0 radical (unpaired) electrons. The number of aromatic nitrogens is 5. The molecule has 0 N–H and O–H groups in total. The van der Waals surface area contributed by atoms with E-state index in [9.17, 15) is 4.79 Å². The van der Waals surface area contributed by atoms with Gasteiger partial charge < -0.3 is 0 Å². The zero-order chi connectivity index (χ0) is 20.0. The predicted octanol–water partition coefficient (Wildman–Crippen LogP) is 4.39. The Labute approximate surface area is 167 Å². The van der Waals surface area contributed by atoms with Crippen molar-refractivity contribution < 1.29 is 0 Å². The Balaban J connectivity index is 1.94. The molecule has 0 bridgehead atoms. The summed E-state index contributed by atoms with van der Waals surface area (Å²) in [6, 6.07) is 15.9. The number of para-hydroxylation sites is 2. The summed E-state index contributed by atoms with van der Waals surface area (Å²) in [5.74, 6) is 0. The van der Waals surface area contributed by atoms with Crippen molar-refractivity contribution >= 4 is 33.2 Å². The topological polar surface area (TPSA) is 65.6 Å². The third-order valence-corrected chi connectivity index (χ3v) is 5.24. The Morgan fingerprint density at radius 3 is 2.52 bits per heavy atom. The maximum absolute atomic E-state index is 13.3. The normalized spacial score (nSPS) is 11.7. The van der Waals surface area contributed by atoms with Crippen LogP contribution < -0.4 is 5.56 Å². The molecule has 0 saturated heterocycles. The van der Waals surface area contributed by atoms with Gasteiger partial charge in [-0.2, -0.15) is 0 Å². The van der Waals surface area contributed by atoms with E-state index in [1.54, 1.807) is 10.9 Å². The van der Waals surface area contributed by atoms with Gasteiger partial charge >= 0.3 is 0 Å². The van der Waals surface area contributed by atoms with Crippen LogP contribution in [0.15, 0.2) is 59.7 Å². The minimum Gasteiger partial charge on any atom is -0.299 e. The van der Waals surface area contributed by atoms with Gasteiger partial charge in [-0.3, -0.25) is 13.9 Å². The van der Waals surface area contributed by atoms with Gasteiger partial charge in [0.2, 0.25) is 0 Å². The maximum atomic E-state index is 13.3.